The minimum Gasteiger partial charge on any atom is -0.496 e. The summed E-state index contributed by atoms with van der Waals surface area (Å²) < 4.78 is 6.00. The first-order valence-electron chi connectivity index (χ1n) is 5.32. The van der Waals surface area contributed by atoms with E-state index in [2.05, 4.69) is 23.0 Å². The summed E-state index contributed by atoms with van der Waals surface area (Å²) in [7, 11) is 1.67. The van der Waals surface area contributed by atoms with Crippen LogP contribution in [-0.4, -0.2) is 17.1 Å². The third-order valence-corrected chi connectivity index (χ3v) is 2.84. The van der Waals surface area contributed by atoms with E-state index in [0.717, 1.165) is 22.6 Å². The van der Waals surface area contributed by atoms with Crippen LogP contribution in [0.5, 0.6) is 5.75 Å². The summed E-state index contributed by atoms with van der Waals surface area (Å²) in [5, 5.41) is 0. The number of aromatic nitrogens is 2. The summed E-state index contributed by atoms with van der Waals surface area (Å²) in [6, 6.07) is 5.98. The Morgan fingerprint density at radius 1 is 1.24 bits per heavy atom. The van der Waals surface area contributed by atoms with Crippen molar-refractivity contribution in [2.45, 2.75) is 13.8 Å². The lowest BCUT2D eigenvalue weighted by Gasteiger charge is -2.12. The molecule has 0 unspecified atom stereocenters. The lowest BCUT2D eigenvalue weighted by molar-refractivity contribution is 0.415. The van der Waals surface area contributed by atoms with Crippen molar-refractivity contribution in [3.63, 3.8) is 0 Å². The largest absolute Gasteiger partial charge is 0.496 e. The van der Waals surface area contributed by atoms with E-state index in [4.69, 9.17) is 17.0 Å². The van der Waals surface area contributed by atoms with Gasteiger partial charge in [0, 0.05) is 5.56 Å². The minimum atomic E-state index is 0.570. The zero-order chi connectivity index (χ0) is 12.4. The van der Waals surface area contributed by atoms with Crippen molar-refractivity contribution in [2.24, 2.45) is 0 Å². The maximum atomic E-state index is 5.43. The van der Waals surface area contributed by atoms with E-state index >= 15 is 0 Å². The second-order valence-electron chi connectivity index (χ2n) is 3.96. The van der Waals surface area contributed by atoms with Crippen molar-refractivity contribution in [3.8, 4) is 17.0 Å². The molecule has 2 aromatic rings. The Morgan fingerprint density at radius 3 is 2.65 bits per heavy atom. The van der Waals surface area contributed by atoms with Crippen LogP contribution in [0.4, 0.5) is 0 Å². The van der Waals surface area contributed by atoms with Crippen molar-refractivity contribution in [3.05, 3.63) is 40.3 Å². The highest BCUT2D eigenvalue weighted by Crippen LogP contribution is 2.32. The van der Waals surface area contributed by atoms with Crippen molar-refractivity contribution in [1.29, 1.82) is 0 Å². The summed E-state index contributed by atoms with van der Waals surface area (Å²) in [4.78, 5) is 7.09. The molecular formula is C13H14N2OS. The molecule has 2 rings (SSSR count). The molecule has 1 aromatic carbocycles. The van der Waals surface area contributed by atoms with Gasteiger partial charge in [-0.3, -0.25) is 0 Å². The van der Waals surface area contributed by atoms with Gasteiger partial charge in [0.05, 0.1) is 19.1 Å². The number of nitrogens with zero attached hydrogens (tertiary/aromatic N) is 1. The molecule has 17 heavy (non-hydrogen) atoms. The normalized spacial score (nSPS) is 10.3. The molecule has 1 heterocycles. The Balaban J connectivity index is 2.70. The van der Waals surface area contributed by atoms with Gasteiger partial charge in [-0.15, -0.1) is 0 Å². The molecule has 0 aliphatic heterocycles. The van der Waals surface area contributed by atoms with Gasteiger partial charge in [-0.1, -0.05) is 18.3 Å². The van der Waals surface area contributed by atoms with E-state index in [9.17, 15) is 0 Å². The molecule has 1 aromatic heterocycles. The van der Waals surface area contributed by atoms with E-state index in [1.165, 1.54) is 5.56 Å². The Kier molecular flexibility index (Phi) is 3.24. The van der Waals surface area contributed by atoms with E-state index < -0.39 is 0 Å². The van der Waals surface area contributed by atoms with Gasteiger partial charge >= 0.3 is 0 Å². The van der Waals surface area contributed by atoms with E-state index in [1.807, 2.05) is 19.1 Å². The number of methoxy groups -OCH3 is 1. The Hall–Kier alpha value is -1.68. The van der Waals surface area contributed by atoms with Gasteiger partial charge in [0.1, 0.15) is 10.4 Å². The van der Waals surface area contributed by atoms with Gasteiger partial charge in [-0.05, 0) is 37.1 Å². The fraction of sp³-hybridized carbons (Fsp3) is 0.231. The second-order valence-corrected chi connectivity index (χ2v) is 4.38. The standard InChI is InChI=1S/C13H14N2OS/c1-8-4-9(2)13(11(5-8)16-3)10-6-12(17)15-7-14-10/h4-7H,1-3H3,(H,14,15,17). The molecule has 0 spiro atoms. The van der Waals surface area contributed by atoms with Crippen LogP contribution in [0.3, 0.4) is 0 Å². The SMILES string of the molecule is COc1cc(C)cc(C)c1-c1cc(=S)nc[nH]1. The lowest BCUT2D eigenvalue weighted by Crippen LogP contribution is -1.95. The number of nitrogens with one attached hydrogen (secondary N) is 1. The van der Waals surface area contributed by atoms with Crippen LogP contribution in [0.2, 0.25) is 0 Å². The summed E-state index contributed by atoms with van der Waals surface area (Å²) in [5.41, 5.74) is 4.29. The Bertz CT molecular complexity index is 605. The monoisotopic (exact) mass is 246 g/mol. The highest BCUT2D eigenvalue weighted by molar-refractivity contribution is 7.71. The molecular weight excluding hydrogens is 232 g/mol. The fourth-order valence-electron chi connectivity index (χ4n) is 1.95. The number of H-pyrrole nitrogens is 1. The summed E-state index contributed by atoms with van der Waals surface area (Å²) in [6.45, 7) is 4.11. The van der Waals surface area contributed by atoms with Crippen LogP contribution >= 0.6 is 12.2 Å². The lowest BCUT2D eigenvalue weighted by atomic mass is 10.0. The van der Waals surface area contributed by atoms with Crippen LogP contribution in [-0.2, 0) is 0 Å². The zero-order valence-electron chi connectivity index (χ0n) is 10.1. The van der Waals surface area contributed by atoms with Crippen LogP contribution in [0, 0.1) is 18.5 Å². The van der Waals surface area contributed by atoms with E-state index in [-0.39, 0.29) is 0 Å². The van der Waals surface area contributed by atoms with Crippen LogP contribution in [0.15, 0.2) is 24.5 Å². The summed E-state index contributed by atoms with van der Waals surface area (Å²) >= 11 is 5.08. The predicted molar refractivity (Wildman–Crippen MR) is 70.9 cm³/mol. The fourth-order valence-corrected chi connectivity index (χ4v) is 2.12. The average Bonchev–Trinajstić information content (AvgIpc) is 2.27. The second kappa shape index (κ2) is 4.67. The van der Waals surface area contributed by atoms with Crippen molar-refractivity contribution >= 4 is 12.2 Å². The number of aryl methyl sites for hydroxylation is 2. The smallest absolute Gasteiger partial charge is 0.130 e. The topological polar surface area (TPSA) is 37.9 Å². The van der Waals surface area contributed by atoms with Gasteiger partial charge in [-0.2, -0.15) is 0 Å². The molecule has 0 saturated carbocycles. The van der Waals surface area contributed by atoms with E-state index in [0.29, 0.717) is 4.64 Å². The van der Waals surface area contributed by atoms with Gasteiger partial charge in [0.15, 0.2) is 0 Å². The van der Waals surface area contributed by atoms with Crippen molar-refractivity contribution in [2.75, 3.05) is 7.11 Å². The summed E-state index contributed by atoms with van der Waals surface area (Å²) in [5.74, 6) is 0.847. The maximum Gasteiger partial charge on any atom is 0.130 e. The van der Waals surface area contributed by atoms with E-state index in [1.54, 1.807) is 13.4 Å². The number of ether oxygens (including phenoxy) is 1. The molecule has 0 saturated heterocycles. The Morgan fingerprint density at radius 2 is 2.00 bits per heavy atom. The van der Waals surface area contributed by atoms with Gasteiger partial charge in [0.2, 0.25) is 0 Å². The van der Waals surface area contributed by atoms with Crippen molar-refractivity contribution < 1.29 is 4.74 Å². The molecule has 0 radical (unpaired) electrons. The minimum absolute atomic E-state index is 0.570. The molecule has 1 N–H and O–H groups in total. The number of aromatic amines is 1. The van der Waals surface area contributed by atoms with Crippen LogP contribution in [0.25, 0.3) is 11.3 Å². The third kappa shape index (κ3) is 2.36. The molecule has 0 aliphatic rings. The molecule has 0 aliphatic carbocycles. The molecule has 3 nitrogen and oxygen atoms in total. The van der Waals surface area contributed by atoms with Crippen molar-refractivity contribution in [1.82, 2.24) is 9.97 Å². The molecule has 4 heteroatoms. The zero-order valence-corrected chi connectivity index (χ0v) is 10.9. The molecule has 0 amide bonds. The van der Waals surface area contributed by atoms with Gasteiger partial charge in [0.25, 0.3) is 0 Å². The quantitative estimate of drug-likeness (QED) is 0.825. The molecule has 0 atom stereocenters. The number of hydrogen-bond acceptors (Lipinski definition) is 3. The first-order chi connectivity index (χ1) is 8.11. The Labute approximate surface area is 105 Å². The highest BCUT2D eigenvalue weighted by atomic mass is 32.1. The van der Waals surface area contributed by atoms with Gasteiger partial charge < -0.3 is 9.72 Å². The molecule has 88 valence electrons. The molecule has 0 fully saturated rings. The first kappa shape index (κ1) is 11.8. The maximum absolute atomic E-state index is 5.43. The predicted octanol–water partition coefficient (Wildman–Crippen LogP) is 3.43. The molecule has 0 bridgehead atoms. The average molecular weight is 246 g/mol. The number of hydrogen-bond donors (Lipinski definition) is 1. The summed E-state index contributed by atoms with van der Waals surface area (Å²) in [6.07, 6.45) is 1.61. The van der Waals surface area contributed by atoms with Gasteiger partial charge in [-0.25, -0.2) is 4.98 Å². The van der Waals surface area contributed by atoms with Crippen LogP contribution < -0.4 is 4.74 Å². The van der Waals surface area contributed by atoms with Crippen LogP contribution in [0.1, 0.15) is 11.1 Å². The third-order valence-electron chi connectivity index (χ3n) is 2.61. The highest BCUT2D eigenvalue weighted by Gasteiger charge is 2.10. The number of benzene rings is 1. The number of rotatable bonds is 2. The first-order valence-corrected chi connectivity index (χ1v) is 5.73.